The van der Waals surface area contributed by atoms with Gasteiger partial charge in [0.05, 0.1) is 12.5 Å². The van der Waals surface area contributed by atoms with Gasteiger partial charge in [0.15, 0.2) is 0 Å². The van der Waals surface area contributed by atoms with E-state index in [2.05, 4.69) is 43.4 Å². The molecule has 0 saturated heterocycles. The Morgan fingerprint density at radius 3 is 2.95 bits per heavy atom. The van der Waals surface area contributed by atoms with E-state index in [1.165, 1.54) is 11.1 Å². The van der Waals surface area contributed by atoms with Crippen LogP contribution in [0.15, 0.2) is 24.3 Å². The van der Waals surface area contributed by atoms with Gasteiger partial charge in [0, 0.05) is 12.1 Å². The highest BCUT2D eigenvalue weighted by Crippen LogP contribution is 2.27. The summed E-state index contributed by atoms with van der Waals surface area (Å²) >= 11 is 0. The molecule has 1 N–H and O–H groups in total. The highest BCUT2D eigenvalue weighted by Gasteiger charge is 2.28. The van der Waals surface area contributed by atoms with Crippen molar-refractivity contribution < 1.29 is 9.53 Å². The molecule has 0 amide bonds. The molecule has 0 aliphatic heterocycles. The van der Waals surface area contributed by atoms with Crippen LogP contribution in [-0.4, -0.2) is 18.6 Å². The van der Waals surface area contributed by atoms with Crippen molar-refractivity contribution in [1.82, 2.24) is 5.32 Å². The first-order valence-corrected chi connectivity index (χ1v) is 8.09. The van der Waals surface area contributed by atoms with E-state index < -0.39 is 0 Å². The molecule has 1 fully saturated rings. The third-order valence-electron chi connectivity index (χ3n) is 4.32. The number of hydrogen-bond donors (Lipinski definition) is 1. The van der Waals surface area contributed by atoms with E-state index in [0.717, 1.165) is 25.7 Å². The third-order valence-corrected chi connectivity index (χ3v) is 4.32. The highest BCUT2D eigenvalue weighted by atomic mass is 16.5. The molecule has 1 aliphatic rings. The Kier molecular flexibility index (Phi) is 5.80. The average Bonchev–Trinajstić information content (AvgIpc) is 2.48. The molecule has 1 aromatic carbocycles. The maximum atomic E-state index is 11.9. The fourth-order valence-corrected chi connectivity index (χ4v) is 3.20. The number of aryl methyl sites for hydroxylation is 1. The van der Waals surface area contributed by atoms with Gasteiger partial charge < -0.3 is 10.1 Å². The lowest BCUT2D eigenvalue weighted by molar-refractivity contribution is -0.149. The Hall–Kier alpha value is -1.35. The monoisotopic (exact) mass is 289 g/mol. The van der Waals surface area contributed by atoms with Gasteiger partial charge in [-0.1, -0.05) is 36.2 Å². The topological polar surface area (TPSA) is 38.3 Å². The summed E-state index contributed by atoms with van der Waals surface area (Å²) in [6.45, 7) is 6.67. The Morgan fingerprint density at radius 2 is 2.24 bits per heavy atom. The lowest BCUT2D eigenvalue weighted by Crippen LogP contribution is -2.38. The smallest absolute Gasteiger partial charge is 0.308 e. The summed E-state index contributed by atoms with van der Waals surface area (Å²) in [6.07, 6.45) is 4.11. The van der Waals surface area contributed by atoms with Crippen LogP contribution in [0.1, 0.15) is 56.7 Å². The molecule has 2 unspecified atom stereocenters. The Morgan fingerprint density at radius 1 is 1.43 bits per heavy atom. The van der Waals surface area contributed by atoms with Crippen molar-refractivity contribution in [3.63, 3.8) is 0 Å². The molecule has 2 rings (SSSR count). The van der Waals surface area contributed by atoms with E-state index in [0.29, 0.717) is 18.7 Å². The predicted octanol–water partition coefficient (Wildman–Crippen LogP) is 3.77. The van der Waals surface area contributed by atoms with Crippen LogP contribution in [0.3, 0.4) is 0 Å². The minimum Gasteiger partial charge on any atom is -0.466 e. The molecule has 0 bridgehead atoms. The molecule has 0 aromatic heterocycles. The second-order valence-electron chi connectivity index (χ2n) is 6.11. The predicted molar refractivity (Wildman–Crippen MR) is 85.1 cm³/mol. The van der Waals surface area contributed by atoms with Crippen LogP contribution in [0.5, 0.6) is 0 Å². The number of benzene rings is 1. The van der Waals surface area contributed by atoms with Gasteiger partial charge in [-0.15, -0.1) is 0 Å². The summed E-state index contributed by atoms with van der Waals surface area (Å²) < 4.78 is 5.17. The van der Waals surface area contributed by atoms with E-state index in [1.54, 1.807) is 0 Å². The van der Waals surface area contributed by atoms with Crippen molar-refractivity contribution in [2.75, 3.05) is 6.61 Å². The zero-order valence-electron chi connectivity index (χ0n) is 13.4. The lowest BCUT2D eigenvalue weighted by Gasteiger charge is -2.31. The maximum Gasteiger partial charge on any atom is 0.308 e. The van der Waals surface area contributed by atoms with Crippen molar-refractivity contribution in [3.05, 3.63) is 35.4 Å². The third kappa shape index (κ3) is 4.57. The van der Waals surface area contributed by atoms with Crippen molar-refractivity contribution >= 4 is 5.97 Å². The standard InChI is InChI=1S/C18H27NO2/c1-4-21-18(20)16-9-6-10-17(12-16)19-14(3)15-8-5-7-13(2)11-15/h5,7-8,11,14,16-17,19H,4,6,9-10,12H2,1-3H3/t14-,16?,17?/m0/s1. The second-order valence-corrected chi connectivity index (χ2v) is 6.11. The zero-order chi connectivity index (χ0) is 15.2. The normalized spacial score (nSPS) is 23.6. The Labute approximate surface area is 128 Å². The van der Waals surface area contributed by atoms with Crippen molar-refractivity contribution in [3.8, 4) is 0 Å². The number of nitrogens with one attached hydrogen (secondary N) is 1. The number of esters is 1. The van der Waals surface area contributed by atoms with E-state index in [-0.39, 0.29) is 11.9 Å². The minimum atomic E-state index is -0.0211. The van der Waals surface area contributed by atoms with Gasteiger partial charge >= 0.3 is 5.97 Å². The molecular weight excluding hydrogens is 262 g/mol. The molecule has 3 atom stereocenters. The molecule has 1 aromatic rings. The number of carbonyl (C=O) groups excluding carboxylic acids is 1. The van der Waals surface area contributed by atoms with Crippen LogP contribution in [0.4, 0.5) is 0 Å². The summed E-state index contributed by atoms with van der Waals surface area (Å²) in [5.74, 6) is 0.0492. The average molecular weight is 289 g/mol. The number of hydrogen-bond acceptors (Lipinski definition) is 3. The molecule has 0 spiro atoms. The van der Waals surface area contributed by atoms with Gasteiger partial charge in [0.25, 0.3) is 0 Å². The fraction of sp³-hybridized carbons (Fsp3) is 0.611. The van der Waals surface area contributed by atoms with Crippen LogP contribution >= 0.6 is 0 Å². The molecule has 1 saturated carbocycles. The van der Waals surface area contributed by atoms with E-state index in [1.807, 2.05) is 6.92 Å². The first-order chi connectivity index (χ1) is 10.1. The number of rotatable bonds is 5. The molecule has 116 valence electrons. The van der Waals surface area contributed by atoms with E-state index in [4.69, 9.17) is 4.74 Å². The summed E-state index contributed by atoms with van der Waals surface area (Å²) in [7, 11) is 0. The number of ether oxygens (including phenoxy) is 1. The van der Waals surface area contributed by atoms with Crippen LogP contribution in [0.2, 0.25) is 0 Å². The SMILES string of the molecule is CCOC(=O)C1CCCC(N[C@@H](C)c2cccc(C)c2)C1. The molecule has 21 heavy (non-hydrogen) atoms. The molecule has 1 aliphatic carbocycles. The summed E-state index contributed by atoms with van der Waals surface area (Å²) in [4.78, 5) is 11.9. The van der Waals surface area contributed by atoms with E-state index in [9.17, 15) is 4.79 Å². The van der Waals surface area contributed by atoms with Crippen LogP contribution in [-0.2, 0) is 9.53 Å². The molecule has 3 nitrogen and oxygen atoms in total. The zero-order valence-corrected chi connectivity index (χ0v) is 13.4. The van der Waals surface area contributed by atoms with Gasteiger partial charge in [0.1, 0.15) is 0 Å². The fourth-order valence-electron chi connectivity index (χ4n) is 3.20. The number of carbonyl (C=O) groups is 1. The second kappa shape index (κ2) is 7.60. The highest BCUT2D eigenvalue weighted by molar-refractivity contribution is 5.72. The van der Waals surface area contributed by atoms with Crippen LogP contribution in [0.25, 0.3) is 0 Å². The molecule has 0 heterocycles. The Balaban J connectivity index is 1.91. The van der Waals surface area contributed by atoms with Gasteiger partial charge in [-0.2, -0.15) is 0 Å². The summed E-state index contributed by atoms with van der Waals surface area (Å²) in [5, 5.41) is 3.68. The quantitative estimate of drug-likeness (QED) is 0.839. The summed E-state index contributed by atoms with van der Waals surface area (Å²) in [6, 6.07) is 9.33. The van der Waals surface area contributed by atoms with Gasteiger partial charge in [0.2, 0.25) is 0 Å². The molecule has 0 radical (unpaired) electrons. The Bertz CT molecular complexity index is 472. The molecule has 3 heteroatoms. The van der Waals surface area contributed by atoms with Crippen molar-refractivity contribution in [1.29, 1.82) is 0 Å². The van der Waals surface area contributed by atoms with Gasteiger partial charge in [-0.25, -0.2) is 0 Å². The first kappa shape index (κ1) is 16.0. The lowest BCUT2D eigenvalue weighted by atomic mass is 9.85. The minimum absolute atomic E-state index is 0.0211. The van der Waals surface area contributed by atoms with E-state index >= 15 is 0 Å². The van der Waals surface area contributed by atoms with Gasteiger partial charge in [-0.3, -0.25) is 4.79 Å². The largest absolute Gasteiger partial charge is 0.466 e. The maximum absolute atomic E-state index is 11.9. The summed E-state index contributed by atoms with van der Waals surface area (Å²) in [5.41, 5.74) is 2.60. The van der Waals surface area contributed by atoms with Crippen molar-refractivity contribution in [2.45, 2.75) is 58.5 Å². The van der Waals surface area contributed by atoms with Crippen LogP contribution in [0, 0.1) is 12.8 Å². The van der Waals surface area contributed by atoms with Crippen LogP contribution < -0.4 is 5.32 Å². The van der Waals surface area contributed by atoms with Crippen molar-refractivity contribution in [2.24, 2.45) is 5.92 Å². The molecular formula is C18H27NO2. The first-order valence-electron chi connectivity index (χ1n) is 8.09. The van der Waals surface area contributed by atoms with Gasteiger partial charge in [-0.05, 0) is 45.6 Å².